The van der Waals surface area contributed by atoms with Crippen LogP contribution in [0.15, 0.2) is 23.0 Å². The molecule has 6 heteroatoms. The van der Waals surface area contributed by atoms with Gasteiger partial charge in [0.05, 0.1) is 23.6 Å². The van der Waals surface area contributed by atoms with Crippen molar-refractivity contribution < 1.29 is 9.90 Å². The number of aliphatic hydroxyl groups is 1. The lowest BCUT2D eigenvalue weighted by molar-refractivity contribution is 0.0951. The van der Waals surface area contributed by atoms with Crippen LogP contribution in [0.4, 0.5) is 0 Å². The molecule has 2 aromatic rings. The van der Waals surface area contributed by atoms with Gasteiger partial charge in [-0.3, -0.25) is 4.79 Å². The minimum atomic E-state index is -0.123. The van der Waals surface area contributed by atoms with E-state index in [2.05, 4.69) is 22.1 Å². The first-order chi connectivity index (χ1) is 9.29. The average Bonchev–Trinajstić information content (AvgIpc) is 3.07. The second kappa shape index (κ2) is 7.04. The van der Waals surface area contributed by atoms with Crippen molar-refractivity contribution in [2.24, 2.45) is 0 Å². The van der Waals surface area contributed by atoms with Crippen LogP contribution in [-0.2, 0) is 6.54 Å². The van der Waals surface area contributed by atoms with Crippen molar-refractivity contribution in [1.29, 1.82) is 0 Å². The third kappa shape index (κ3) is 4.17. The molecule has 2 aromatic heterocycles. The normalized spacial score (nSPS) is 9.74. The Morgan fingerprint density at radius 2 is 2.37 bits per heavy atom. The van der Waals surface area contributed by atoms with E-state index in [0.717, 1.165) is 9.88 Å². The number of rotatable bonds is 4. The van der Waals surface area contributed by atoms with Crippen molar-refractivity contribution in [2.75, 3.05) is 6.61 Å². The Morgan fingerprint density at radius 1 is 1.47 bits per heavy atom. The highest BCUT2D eigenvalue weighted by atomic mass is 32.1. The maximum atomic E-state index is 11.9. The summed E-state index contributed by atoms with van der Waals surface area (Å²) in [6, 6.07) is 1.76. The molecule has 0 unspecified atom stereocenters. The molecular formula is C13H12N2O2S2. The number of nitrogens with zero attached hydrogens (tertiary/aromatic N) is 1. The molecule has 0 atom stereocenters. The summed E-state index contributed by atoms with van der Waals surface area (Å²) in [5.74, 6) is 5.61. The van der Waals surface area contributed by atoms with E-state index in [0.29, 0.717) is 18.5 Å². The van der Waals surface area contributed by atoms with Crippen LogP contribution in [0.2, 0.25) is 0 Å². The van der Waals surface area contributed by atoms with Crippen molar-refractivity contribution >= 4 is 28.6 Å². The molecule has 0 aliphatic heterocycles. The molecule has 2 rings (SSSR count). The smallest absolute Gasteiger partial charge is 0.252 e. The lowest BCUT2D eigenvalue weighted by Gasteiger charge is -1.99. The highest BCUT2D eigenvalue weighted by Crippen LogP contribution is 2.13. The molecule has 19 heavy (non-hydrogen) atoms. The molecule has 0 saturated heterocycles. The Labute approximate surface area is 119 Å². The molecular weight excluding hydrogens is 280 g/mol. The van der Waals surface area contributed by atoms with Crippen LogP contribution in [0.25, 0.3) is 0 Å². The van der Waals surface area contributed by atoms with E-state index in [-0.39, 0.29) is 12.5 Å². The topological polar surface area (TPSA) is 62.2 Å². The second-order valence-electron chi connectivity index (χ2n) is 3.58. The fraction of sp³-hybridized carbons (Fsp3) is 0.231. The van der Waals surface area contributed by atoms with Gasteiger partial charge in [-0.15, -0.1) is 22.7 Å². The van der Waals surface area contributed by atoms with E-state index in [9.17, 15) is 4.79 Å². The summed E-state index contributed by atoms with van der Waals surface area (Å²) >= 11 is 2.93. The fourth-order valence-electron chi connectivity index (χ4n) is 1.32. The van der Waals surface area contributed by atoms with Crippen LogP contribution in [0, 0.1) is 11.8 Å². The Hall–Kier alpha value is -1.68. The molecule has 0 bridgehead atoms. The summed E-state index contributed by atoms with van der Waals surface area (Å²) in [4.78, 5) is 16.8. The first kappa shape index (κ1) is 13.7. The molecule has 0 aliphatic carbocycles. The molecule has 1 amide bonds. The predicted octanol–water partition coefficient (Wildman–Crippen LogP) is 1.87. The van der Waals surface area contributed by atoms with Crippen molar-refractivity contribution in [3.05, 3.63) is 38.5 Å². The molecule has 2 N–H and O–H groups in total. The fourth-order valence-corrected chi connectivity index (χ4v) is 2.64. The van der Waals surface area contributed by atoms with Gasteiger partial charge in [-0.25, -0.2) is 4.98 Å². The van der Waals surface area contributed by atoms with Crippen molar-refractivity contribution in [2.45, 2.75) is 13.0 Å². The Bertz CT molecular complexity index is 594. The van der Waals surface area contributed by atoms with Gasteiger partial charge < -0.3 is 10.4 Å². The second-order valence-corrected chi connectivity index (χ2v) is 5.47. The number of thiophene rings is 1. The number of nitrogens with one attached hydrogen (secondary N) is 1. The number of amides is 1. The van der Waals surface area contributed by atoms with E-state index in [1.807, 2.05) is 5.38 Å². The summed E-state index contributed by atoms with van der Waals surface area (Å²) in [7, 11) is 0. The molecule has 0 saturated carbocycles. The van der Waals surface area contributed by atoms with Crippen LogP contribution in [0.5, 0.6) is 0 Å². The largest absolute Gasteiger partial charge is 0.395 e. The number of carbonyl (C=O) groups excluding carboxylic acids is 1. The van der Waals surface area contributed by atoms with Crippen molar-refractivity contribution in [1.82, 2.24) is 10.3 Å². The number of aromatic nitrogens is 1. The minimum absolute atomic E-state index is 0.0551. The summed E-state index contributed by atoms with van der Waals surface area (Å²) in [6.07, 6.45) is 2.16. The van der Waals surface area contributed by atoms with Crippen LogP contribution < -0.4 is 5.32 Å². The third-order valence-corrected chi connectivity index (χ3v) is 3.82. The van der Waals surface area contributed by atoms with Gasteiger partial charge in [0.1, 0.15) is 5.01 Å². The lowest BCUT2D eigenvalue weighted by atomic mass is 10.3. The maximum absolute atomic E-state index is 11.9. The average molecular weight is 292 g/mol. The molecule has 0 aliphatic rings. The predicted molar refractivity (Wildman–Crippen MR) is 76.2 cm³/mol. The Kier molecular flexibility index (Phi) is 5.10. The molecule has 0 fully saturated rings. The summed E-state index contributed by atoms with van der Waals surface area (Å²) < 4.78 is 0. The summed E-state index contributed by atoms with van der Waals surface area (Å²) in [5, 5.41) is 16.0. The molecule has 2 heterocycles. The monoisotopic (exact) mass is 292 g/mol. The van der Waals surface area contributed by atoms with Gasteiger partial charge in [0.25, 0.3) is 5.91 Å². The van der Waals surface area contributed by atoms with E-state index in [1.165, 1.54) is 22.7 Å². The van der Waals surface area contributed by atoms with Crippen molar-refractivity contribution in [3.63, 3.8) is 0 Å². The van der Waals surface area contributed by atoms with Gasteiger partial charge in [-0.1, -0.05) is 11.8 Å². The molecule has 98 valence electrons. The number of hydrogen-bond acceptors (Lipinski definition) is 5. The van der Waals surface area contributed by atoms with E-state index in [1.54, 1.807) is 17.6 Å². The van der Waals surface area contributed by atoms with Crippen LogP contribution in [0.1, 0.15) is 26.7 Å². The summed E-state index contributed by atoms with van der Waals surface area (Å²) in [5.41, 5.74) is 0.606. The first-order valence-corrected chi connectivity index (χ1v) is 7.40. The maximum Gasteiger partial charge on any atom is 0.252 e. The Balaban J connectivity index is 1.91. The van der Waals surface area contributed by atoms with Gasteiger partial charge >= 0.3 is 0 Å². The zero-order chi connectivity index (χ0) is 13.5. The highest BCUT2D eigenvalue weighted by molar-refractivity contribution is 7.10. The van der Waals surface area contributed by atoms with E-state index < -0.39 is 0 Å². The Morgan fingerprint density at radius 3 is 3.11 bits per heavy atom. The van der Waals surface area contributed by atoms with E-state index in [4.69, 9.17) is 5.11 Å². The first-order valence-electron chi connectivity index (χ1n) is 5.64. The number of hydrogen-bond donors (Lipinski definition) is 2. The quantitative estimate of drug-likeness (QED) is 0.846. The highest BCUT2D eigenvalue weighted by Gasteiger charge is 2.08. The SMILES string of the molecule is O=C(NCc1nccs1)c1csc(C#CCCO)c1. The van der Waals surface area contributed by atoms with Gasteiger partial charge in [0.15, 0.2) is 0 Å². The molecule has 0 aromatic carbocycles. The van der Waals surface area contributed by atoms with Gasteiger partial charge in [0, 0.05) is 23.4 Å². The molecule has 0 spiro atoms. The van der Waals surface area contributed by atoms with Crippen LogP contribution in [-0.4, -0.2) is 22.6 Å². The standard InChI is InChI=1S/C13H12N2O2S2/c16-5-2-1-3-11-7-10(9-19-11)13(17)15-8-12-14-4-6-18-12/h4,6-7,9,16H,2,5,8H2,(H,15,17). The zero-order valence-corrected chi connectivity index (χ0v) is 11.7. The van der Waals surface area contributed by atoms with E-state index >= 15 is 0 Å². The third-order valence-electron chi connectivity index (χ3n) is 2.19. The number of carbonyl (C=O) groups is 1. The number of thiazole rings is 1. The van der Waals surface area contributed by atoms with Crippen LogP contribution in [0.3, 0.4) is 0 Å². The molecule has 4 nitrogen and oxygen atoms in total. The zero-order valence-electron chi connectivity index (χ0n) is 10.0. The van der Waals surface area contributed by atoms with Crippen molar-refractivity contribution in [3.8, 4) is 11.8 Å². The van der Waals surface area contributed by atoms with Crippen LogP contribution >= 0.6 is 22.7 Å². The number of aliphatic hydroxyl groups excluding tert-OH is 1. The minimum Gasteiger partial charge on any atom is -0.395 e. The summed E-state index contributed by atoms with van der Waals surface area (Å²) in [6.45, 7) is 0.497. The molecule has 0 radical (unpaired) electrons. The van der Waals surface area contributed by atoms with Gasteiger partial charge in [0.2, 0.25) is 0 Å². The lowest BCUT2D eigenvalue weighted by Crippen LogP contribution is -2.22. The van der Waals surface area contributed by atoms with Gasteiger partial charge in [-0.05, 0) is 6.07 Å². The van der Waals surface area contributed by atoms with Gasteiger partial charge in [-0.2, -0.15) is 0 Å².